The lowest BCUT2D eigenvalue weighted by molar-refractivity contribution is -0.137. The number of aliphatic hydroxyl groups excluding tert-OH is 1. The van der Waals surface area contributed by atoms with Gasteiger partial charge in [-0.2, -0.15) is 13.2 Å². The number of nitrogens with two attached hydrogens (primary N) is 1. The molecule has 1 aromatic carbocycles. The summed E-state index contributed by atoms with van der Waals surface area (Å²) in [5.41, 5.74) is 3.67. The zero-order valence-corrected chi connectivity index (χ0v) is 12.9. The third-order valence-electron chi connectivity index (χ3n) is 3.50. The molecule has 1 aromatic rings. The summed E-state index contributed by atoms with van der Waals surface area (Å²) in [7, 11) is 0. The molecular weight excluding hydrogens is 305 g/mol. The summed E-state index contributed by atoms with van der Waals surface area (Å²) in [6.07, 6.45) is -4.90. The van der Waals surface area contributed by atoms with E-state index in [0.717, 1.165) is 12.5 Å². The minimum Gasteiger partial charge on any atom is -0.397 e. The Bertz CT molecular complexity index is 504. The molecule has 1 rings (SSSR count). The number of nitrogen functional groups attached to an aromatic ring is 1. The van der Waals surface area contributed by atoms with Crippen molar-refractivity contribution in [3.05, 3.63) is 28.3 Å². The second kappa shape index (κ2) is 6.42. The molecule has 0 radical (unpaired) electrons. The van der Waals surface area contributed by atoms with Gasteiger partial charge in [0.2, 0.25) is 0 Å². The number of hydrogen-bond acceptors (Lipinski definition) is 3. The molecule has 0 saturated heterocycles. The van der Waals surface area contributed by atoms with Gasteiger partial charge in [-0.25, -0.2) is 0 Å². The summed E-state index contributed by atoms with van der Waals surface area (Å²) < 4.78 is 38.6. The van der Waals surface area contributed by atoms with Gasteiger partial charge in [0, 0.05) is 12.1 Å². The lowest BCUT2D eigenvalue weighted by Gasteiger charge is -2.26. The average Bonchev–Trinajstić information content (AvgIpc) is 2.37. The Morgan fingerprint density at radius 2 is 1.90 bits per heavy atom. The molecule has 1 atom stereocenters. The van der Waals surface area contributed by atoms with Crippen LogP contribution in [0.5, 0.6) is 0 Å². The van der Waals surface area contributed by atoms with Crippen molar-refractivity contribution < 1.29 is 18.3 Å². The summed E-state index contributed by atoms with van der Waals surface area (Å²) in [6, 6.07) is 2.10. The Balaban J connectivity index is 3.01. The number of benzene rings is 1. The first kappa shape index (κ1) is 18.1. The van der Waals surface area contributed by atoms with Crippen LogP contribution in [-0.4, -0.2) is 17.2 Å². The van der Waals surface area contributed by atoms with Gasteiger partial charge in [-0.05, 0) is 38.0 Å². The highest BCUT2D eigenvalue weighted by Gasteiger charge is 2.34. The van der Waals surface area contributed by atoms with Crippen molar-refractivity contribution >= 4 is 17.3 Å². The van der Waals surface area contributed by atoms with Crippen molar-refractivity contribution in [2.75, 3.05) is 12.3 Å². The third kappa shape index (κ3) is 4.76. The normalized spacial score (nSPS) is 14.3. The standard InChI is InChI=1S/C14H20ClF3N2O/c1-4-13(2,3)20-7-11(21)8-5-9(14(16,17)18)12(19)10(15)6-8/h5-6,11,20-21H,4,7,19H2,1-3H3/t11-/m1/s1. The van der Waals surface area contributed by atoms with Crippen LogP contribution < -0.4 is 11.1 Å². The molecule has 4 N–H and O–H groups in total. The smallest absolute Gasteiger partial charge is 0.397 e. The van der Waals surface area contributed by atoms with Gasteiger partial charge in [-0.3, -0.25) is 0 Å². The van der Waals surface area contributed by atoms with Crippen LogP contribution in [0.1, 0.15) is 44.4 Å². The van der Waals surface area contributed by atoms with Gasteiger partial charge in [0.15, 0.2) is 0 Å². The fourth-order valence-corrected chi connectivity index (χ4v) is 1.91. The highest BCUT2D eigenvalue weighted by atomic mass is 35.5. The summed E-state index contributed by atoms with van der Waals surface area (Å²) in [6.45, 7) is 5.98. The lowest BCUT2D eigenvalue weighted by Crippen LogP contribution is -2.40. The molecule has 0 aliphatic rings. The van der Waals surface area contributed by atoms with Gasteiger partial charge in [0.25, 0.3) is 0 Å². The maximum absolute atomic E-state index is 12.9. The van der Waals surface area contributed by atoms with E-state index in [2.05, 4.69) is 5.32 Å². The van der Waals surface area contributed by atoms with Crippen LogP contribution in [0.25, 0.3) is 0 Å². The summed E-state index contributed by atoms with van der Waals surface area (Å²) >= 11 is 5.73. The number of nitrogens with one attached hydrogen (secondary N) is 1. The van der Waals surface area contributed by atoms with E-state index in [1.807, 2.05) is 20.8 Å². The quantitative estimate of drug-likeness (QED) is 0.723. The number of alkyl halides is 3. The first-order valence-electron chi connectivity index (χ1n) is 6.57. The molecule has 0 fully saturated rings. The van der Waals surface area contributed by atoms with Gasteiger partial charge in [0.05, 0.1) is 22.4 Å². The minimum absolute atomic E-state index is 0.0842. The van der Waals surface area contributed by atoms with Gasteiger partial charge in [0.1, 0.15) is 0 Å². The van der Waals surface area contributed by atoms with Crippen LogP contribution >= 0.6 is 11.6 Å². The van der Waals surface area contributed by atoms with E-state index in [9.17, 15) is 18.3 Å². The van der Waals surface area contributed by atoms with Crippen LogP contribution in [-0.2, 0) is 6.18 Å². The van der Waals surface area contributed by atoms with Crippen LogP contribution in [0.4, 0.5) is 18.9 Å². The number of aliphatic hydroxyl groups is 1. The molecule has 0 aromatic heterocycles. The molecular formula is C14H20ClF3N2O. The largest absolute Gasteiger partial charge is 0.418 e. The summed E-state index contributed by atoms with van der Waals surface area (Å²) in [5, 5.41) is 12.9. The van der Waals surface area contributed by atoms with Crippen LogP contribution in [0, 0.1) is 0 Å². The zero-order chi connectivity index (χ0) is 16.4. The van der Waals surface area contributed by atoms with Gasteiger partial charge < -0.3 is 16.2 Å². The molecule has 0 saturated carbocycles. The molecule has 0 aliphatic carbocycles. The Hall–Kier alpha value is -0.980. The van der Waals surface area contributed by atoms with Gasteiger partial charge in [-0.1, -0.05) is 18.5 Å². The zero-order valence-electron chi connectivity index (χ0n) is 12.2. The average molecular weight is 325 g/mol. The molecule has 3 nitrogen and oxygen atoms in total. The van der Waals surface area contributed by atoms with E-state index in [1.54, 1.807) is 0 Å². The Morgan fingerprint density at radius 3 is 2.38 bits per heavy atom. The molecule has 0 unspecified atom stereocenters. The number of anilines is 1. The van der Waals surface area contributed by atoms with Gasteiger partial charge in [-0.15, -0.1) is 0 Å². The molecule has 21 heavy (non-hydrogen) atoms. The van der Waals surface area contributed by atoms with Crippen LogP contribution in [0.2, 0.25) is 5.02 Å². The first-order valence-corrected chi connectivity index (χ1v) is 6.95. The molecule has 120 valence electrons. The fraction of sp³-hybridized carbons (Fsp3) is 0.571. The predicted molar refractivity (Wildman–Crippen MR) is 78.2 cm³/mol. The van der Waals surface area contributed by atoms with E-state index < -0.39 is 23.5 Å². The molecule has 7 heteroatoms. The van der Waals surface area contributed by atoms with E-state index in [4.69, 9.17) is 17.3 Å². The Kier molecular flexibility index (Phi) is 5.52. The monoisotopic (exact) mass is 324 g/mol. The van der Waals surface area contributed by atoms with Crippen LogP contribution in [0.3, 0.4) is 0 Å². The fourth-order valence-electron chi connectivity index (χ4n) is 1.68. The van der Waals surface area contributed by atoms with Crippen molar-refractivity contribution in [2.24, 2.45) is 0 Å². The van der Waals surface area contributed by atoms with Crippen molar-refractivity contribution in [1.82, 2.24) is 5.32 Å². The molecule has 0 spiro atoms. The van der Waals surface area contributed by atoms with Crippen molar-refractivity contribution in [3.8, 4) is 0 Å². The lowest BCUT2D eigenvalue weighted by atomic mass is 10.00. The Morgan fingerprint density at radius 1 is 1.33 bits per heavy atom. The summed E-state index contributed by atoms with van der Waals surface area (Å²) in [4.78, 5) is 0. The molecule has 0 amide bonds. The summed E-state index contributed by atoms with van der Waals surface area (Å²) in [5.74, 6) is 0. The highest BCUT2D eigenvalue weighted by molar-refractivity contribution is 6.33. The maximum Gasteiger partial charge on any atom is 0.418 e. The highest BCUT2D eigenvalue weighted by Crippen LogP contribution is 2.38. The number of rotatable bonds is 5. The van der Waals surface area contributed by atoms with Crippen LogP contribution in [0.15, 0.2) is 12.1 Å². The van der Waals surface area contributed by atoms with Crippen molar-refractivity contribution in [3.63, 3.8) is 0 Å². The van der Waals surface area contributed by atoms with E-state index in [0.29, 0.717) is 0 Å². The topological polar surface area (TPSA) is 58.3 Å². The van der Waals surface area contributed by atoms with E-state index >= 15 is 0 Å². The Labute approximate surface area is 127 Å². The van der Waals surface area contributed by atoms with E-state index in [-0.39, 0.29) is 22.7 Å². The van der Waals surface area contributed by atoms with Crippen molar-refractivity contribution in [1.29, 1.82) is 0 Å². The van der Waals surface area contributed by atoms with Crippen molar-refractivity contribution in [2.45, 2.75) is 45.0 Å². The van der Waals surface area contributed by atoms with Gasteiger partial charge >= 0.3 is 6.18 Å². The third-order valence-corrected chi connectivity index (χ3v) is 3.81. The molecule has 0 bridgehead atoms. The SMILES string of the molecule is CCC(C)(C)NC[C@@H](O)c1cc(Cl)c(N)c(C(F)(F)F)c1. The second-order valence-corrected chi connectivity index (χ2v) is 6.00. The maximum atomic E-state index is 12.9. The minimum atomic E-state index is -4.61. The number of hydrogen-bond donors (Lipinski definition) is 3. The molecule has 0 heterocycles. The predicted octanol–water partition coefficient (Wildman–Crippen LogP) is 3.75. The second-order valence-electron chi connectivity index (χ2n) is 5.60. The first-order chi connectivity index (χ1) is 9.48. The number of β-amino-alcohol motifs (C(OH)–C–C–N with tert-alkyl or cyclic N) is 1. The number of halogens is 4. The molecule has 0 aliphatic heterocycles. The van der Waals surface area contributed by atoms with E-state index in [1.165, 1.54) is 6.07 Å².